The summed E-state index contributed by atoms with van der Waals surface area (Å²) in [4.78, 5) is 53.3. The molecule has 8 nitrogen and oxygen atoms in total. The normalized spacial score (nSPS) is 36.2. The van der Waals surface area contributed by atoms with Gasteiger partial charge >= 0.3 is 11.9 Å². The van der Waals surface area contributed by atoms with Crippen molar-refractivity contribution in [2.75, 3.05) is 13.7 Å². The molecule has 4 saturated carbocycles. The fraction of sp³-hybridized carbons (Fsp3) is 0.733. The standard InChI is InChI=1S/C45H65NO7/c1-27(2)36-31(47)25-45(38(49)46-24-19-28-11-13-29(52-10)14-12-28)23-22-43(8)30(37(36)45)15-16-33-42(7)20-18-34(53-35(48)26-40(3,4)39(50)51)41(5,6)32(42)17-21-44(33,43)9/h11-14,27,30,32-34H,15-26H2,1-10H3,(H,46,49)(H,50,51)/t30-,32+,33-,34+,42+,43-,44-,45-/m1/s1. The summed E-state index contributed by atoms with van der Waals surface area (Å²) in [7, 11) is 1.66. The van der Waals surface area contributed by atoms with E-state index in [0.29, 0.717) is 31.2 Å². The maximum atomic E-state index is 14.5. The van der Waals surface area contributed by atoms with Gasteiger partial charge in [0.1, 0.15) is 11.9 Å². The minimum Gasteiger partial charge on any atom is -0.497 e. The summed E-state index contributed by atoms with van der Waals surface area (Å²) < 4.78 is 11.5. The van der Waals surface area contributed by atoms with E-state index in [1.54, 1.807) is 21.0 Å². The SMILES string of the molecule is COc1ccc(CCNC(=O)[C@@]23CC[C@]4(C)[C@H](CC[C@@H]5[C@@]6(C)CC[C@H](OC(=O)CC(C)(C)C(=O)O)C(C)(C)[C@@H]6CC[C@]54C)C2=C(C(C)C)C(=O)C3)cc1. The smallest absolute Gasteiger partial charge is 0.309 e. The number of ketones is 1. The van der Waals surface area contributed by atoms with Gasteiger partial charge in [-0.2, -0.15) is 0 Å². The fourth-order valence-corrected chi connectivity index (χ4v) is 13.0. The third-order valence-electron chi connectivity index (χ3n) is 16.1. The molecule has 8 atom stereocenters. The Balaban J connectivity index is 1.25. The number of amides is 1. The van der Waals surface area contributed by atoms with Gasteiger partial charge in [-0.25, -0.2) is 0 Å². The number of carbonyl (C=O) groups excluding carboxylic acids is 3. The number of fused-ring (bicyclic) bond motifs is 7. The van der Waals surface area contributed by atoms with Crippen molar-refractivity contribution in [2.45, 2.75) is 139 Å². The third kappa shape index (κ3) is 6.16. The summed E-state index contributed by atoms with van der Waals surface area (Å²) in [5.74, 6) is 0.624. The third-order valence-corrected chi connectivity index (χ3v) is 16.1. The van der Waals surface area contributed by atoms with Crippen molar-refractivity contribution in [3.63, 3.8) is 0 Å². The minimum absolute atomic E-state index is 0.0179. The first-order valence-electron chi connectivity index (χ1n) is 20.3. The summed E-state index contributed by atoms with van der Waals surface area (Å²) >= 11 is 0. The van der Waals surface area contributed by atoms with Crippen LogP contribution < -0.4 is 10.1 Å². The minimum atomic E-state index is -1.17. The maximum absolute atomic E-state index is 14.5. The maximum Gasteiger partial charge on any atom is 0.309 e. The number of allylic oxidation sites excluding steroid dienone is 1. The van der Waals surface area contributed by atoms with E-state index in [9.17, 15) is 24.3 Å². The summed E-state index contributed by atoms with van der Waals surface area (Å²) in [6.45, 7) is 20.0. The number of hydrogen-bond acceptors (Lipinski definition) is 6. The molecule has 0 heterocycles. The lowest BCUT2D eigenvalue weighted by Gasteiger charge is -2.72. The van der Waals surface area contributed by atoms with Gasteiger partial charge in [0.25, 0.3) is 0 Å². The zero-order valence-electron chi connectivity index (χ0n) is 34.1. The summed E-state index contributed by atoms with van der Waals surface area (Å²) in [6, 6.07) is 7.96. The van der Waals surface area contributed by atoms with Gasteiger partial charge in [0.15, 0.2) is 5.78 Å². The topological polar surface area (TPSA) is 119 Å². The summed E-state index contributed by atoms with van der Waals surface area (Å²) in [6.07, 6.45) is 8.06. The van der Waals surface area contributed by atoms with Crippen molar-refractivity contribution in [3.05, 3.63) is 41.0 Å². The van der Waals surface area contributed by atoms with Crippen molar-refractivity contribution < 1.29 is 33.8 Å². The van der Waals surface area contributed by atoms with Crippen LogP contribution in [0.4, 0.5) is 0 Å². The van der Waals surface area contributed by atoms with Gasteiger partial charge < -0.3 is 19.9 Å². The van der Waals surface area contributed by atoms with Crippen molar-refractivity contribution in [1.82, 2.24) is 5.32 Å². The molecule has 5 aliphatic carbocycles. The van der Waals surface area contributed by atoms with E-state index in [1.807, 2.05) is 24.3 Å². The predicted octanol–water partition coefficient (Wildman–Crippen LogP) is 8.75. The average Bonchev–Trinajstić information content (AvgIpc) is 3.39. The molecular weight excluding hydrogens is 666 g/mol. The predicted molar refractivity (Wildman–Crippen MR) is 205 cm³/mol. The largest absolute Gasteiger partial charge is 0.497 e. The quantitative estimate of drug-likeness (QED) is 0.231. The van der Waals surface area contributed by atoms with E-state index in [0.717, 1.165) is 61.8 Å². The lowest BCUT2D eigenvalue weighted by molar-refractivity contribution is -0.233. The average molecular weight is 732 g/mol. The van der Waals surface area contributed by atoms with Crippen LogP contribution in [-0.4, -0.2) is 48.5 Å². The van der Waals surface area contributed by atoms with Crippen LogP contribution in [0.1, 0.15) is 132 Å². The second-order valence-electron chi connectivity index (χ2n) is 19.8. The van der Waals surface area contributed by atoms with Crippen molar-refractivity contribution >= 4 is 23.6 Å². The number of carboxylic acid groups (broad SMARTS) is 1. The summed E-state index contributed by atoms with van der Waals surface area (Å²) in [5, 5.41) is 12.9. The molecule has 0 radical (unpaired) electrons. The highest BCUT2D eigenvalue weighted by atomic mass is 16.5. The Kier molecular flexibility index (Phi) is 10.1. The van der Waals surface area contributed by atoms with E-state index in [-0.39, 0.29) is 64.1 Å². The number of esters is 1. The van der Waals surface area contributed by atoms with Gasteiger partial charge in [-0.3, -0.25) is 19.2 Å². The second-order valence-corrected chi connectivity index (χ2v) is 19.8. The number of carbonyl (C=O) groups is 4. The molecule has 1 aromatic carbocycles. The molecule has 0 unspecified atom stereocenters. The fourth-order valence-electron chi connectivity index (χ4n) is 13.0. The van der Waals surface area contributed by atoms with E-state index >= 15 is 0 Å². The Morgan fingerprint density at radius 3 is 2.21 bits per heavy atom. The molecule has 0 aliphatic heterocycles. The van der Waals surface area contributed by atoms with Crippen LogP contribution >= 0.6 is 0 Å². The molecule has 53 heavy (non-hydrogen) atoms. The first kappa shape index (κ1) is 39.5. The summed E-state index contributed by atoms with van der Waals surface area (Å²) in [5.41, 5.74) is 1.02. The molecule has 2 N–H and O–H groups in total. The number of methoxy groups -OCH3 is 1. The molecule has 1 aromatic rings. The first-order valence-corrected chi connectivity index (χ1v) is 20.3. The number of rotatable bonds is 10. The zero-order valence-corrected chi connectivity index (χ0v) is 34.1. The highest BCUT2D eigenvalue weighted by Gasteiger charge is 2.71. The molecule has 1 amide bonds. The second kappa shape index (κ2) is 13.5. The molecule has 8 heteroatoms. The van der Waals surface area contributed by atoms with Crippen LogP contribution in [0, 0.1) is 56.2 Å². The highest BCUT2D eigenvalue weighted by Crippen LogP contribution is 2.76. The monoisotopic (exact) mass is 731 g/mol. The Hall–Kier alpha value is -3.16. The molecule has 5 aliphatic rings. The number of carboxylic acids is 1. The number of hydrogen-bond donors (Lipinski definition) is 2. The number of benzene rings is 1. The van der Waals surface area contributed by atoms with Crippen LogP contribution in [0.3, 0.4) is 0 Å². The Morgan fingerprint density at radius 2 is 1.58 bits per heavy atom. The molecule has 0 aromatic heterocycles. The molecule has 0 saturated heterocycles. The highest BCUT2D eigenvalue weighted by molar-refractivity contribution is 6.07. The van der Waals surface area contributed by atoms with Crippen molar-refractivity contribution in [1.29, 1.82) is 0 Å². The number of nitrogens with one attached hydrogen (secondary N) is 1. The van der Waals surface area contributed by atoms with Gasteiger partial charge in [-0.05, 0) is 140 Å². The van der Waals surface area contributed by atoms with Gasteiger partial charge in [-0.1, -0.05) is 60.6 Å². The lowest BCUT2D eigenvalue weighted by Crippen LogP contribution is -2.66. The van der Waals surface area contributed by atoms with Crippen LogP contribution in [0.25, 0.3) is 0 Å². The number of Topliss-reactive ketones (excluding diaryl/α,β-unsaturated/α-hetero) is 1. The molecule has 6 rings (SSSR count). The van der Waals surface area contributed by atoms with E-state index in [1.165, 1.54) is 5.57 Å². The van der Waals surface area contributed by atoms with Crippen LogP contribution in [0.5, 0.6) is 5.75 Å². The van der Waals surface area contributed by atoms with Crippen LogP contribution in [-0.2, 0) is 30.3 Å². The first-order chi connectivity index (χ1) is 24.7. The zero-order chi connectivity index (χ0) is 38.9. The molecule has 0 bridgehead atoms. The van der Waals surface area contributed by atoms with Crippen molar-refractivity contribution in [2.24, 2.45) is 56.2 Å². The Morgan fingerprint density at radius 1 is 0.906 bits per heavy atom. The lowest BCUT2D eigenvalue weighted by atomic mass is 9.33. The molecular formula is C45H65NO7. The van der Waals surface area contributed by atoms with Gasteiger partial charge in [0.2, 0.25) is 5.91 Å². The molecule has 0 spiro atoms. The van der Waals surface area contributed by atoms with Gasteiger partial charge in [-0.15, -0.1) is 0 Å². The number of ether oxygens (including phenoxy) is 2. The van der Waals surface area contributed by atoms with Gasteiger partial charge in [0.05, 0.1) is 24.4 Å². The van der Waals surface area contributed by atoms with Crippen LogP contribution in [0.15, 0.2) is 35.4 Å². The number of aliphatic carboxylic acids is 1. The van der Waals surface area contributed by atoms with Crippen LogP contribution in [0.2, 0.25) is 0 Å². The molecule has 4 fully saturated rings. The van der Waals surface area contributed by atoms with E-state index in [2.05, 4.69) is 53.8 Å². The van der Waals surface area contributed by atoms with E-state index < -0.39 is 22.8 Å². The Labute approximate surface area is 317 Å². The van der Waals surface area contributed by atoms with E-state index in [4.69, 9.17) is 9.47 Å². The van der Waals surface area contributed by atoms with Gasteiger partial charge in [0, 0.05) is 18.4 Å². The van der Waals surface area contributed by atoms with Crippen molar-refractivity contribution in [3.8, 4) is 5.75 Å². The molecule has 292 valence electrons. The Bertz CT molecular complexity index is 1670.